The minimum atomic E-state index is -4.05. The number of nitrogens with one attached hydrogen (secondary N) is 1. The quantitative estimate of drug-likeness (QED) is 0.775. The summed E-state index contributed by atoms with van der Waals surface area (Å²) in [6.45, 7) is 4.53. The van der Waals surface area contributed by atoms with Crippen LogP contribution in [-0.4, -0.2) is 67.2 Å². The van der Waals surface area contributed by atoms with Crippen LogP contribution >= 0.6 is 0 Å². The Bertz CT molecular complexity index is 322. The lowest BCUT2D eigenvalue weighted by atomic mass is 10.1. The zero-order valence-corrected chi connectivity index (χ0v) is 10.9. The Kier molecular flexibility index (Phi) is 4.67. The van der Waals surface area contributed by atoms with E-state index in [0.717, 1.165) is 19.6 Å². The van der Waals surface area contributed by atoms with E-state index in [1.54, 1.807) is 0 Å². The average molecular weight is 279 g/mol. The van der Waals surface area contributed by atoms with Crippen molar-refractivity contribution in [2.75, 3.05) is 39.3 Å². The molecule has 0 radical (unpaired) electrons. The van der Waals surface area contributed by atoms with Gasteiger partial charge in [0.25, 0.3) is 0 Å². The third-order valence-electron chi connectivity index (χ3n) is 3.76. The Labute approximate surface area is 110 Å². The smallest absolute Gasteiger partial charge is 0.353 e. The maximum Gasteiger partial charge on any atom is 0.389 e. The molecule has 4 nitrogen and oxygen atoms in total. The van der Waals surface area contributed by atoms with Crippen LogP contribution in [-0.2, 0) is 4.79 Å². The van der Waals surface area contributed by atoms with Crippen LogP contribution in [0, 0.1) is 0 Å². The average Bonchev–Trinajstić information content (AvgIpc) is 2.34. The van der Waals surface area contributed by atoms with Gasteiger partial charge in [0.2, 0.25) is 5.91 Å². The van der Waals surface area contributed by atoms with Gasteiger partial charge < -0.3 is 5.32 Å². The third-order valence-corrected chi connectivity index (χ3v) is 3.76. The first-order chi connectivity index (χ1) is 8.96. The Hall–Kier alpha value is -0.820. The maximum atomic E-state index is 12.0. The minimum Gasteiger partial charge on any atom is -0.353 e. The van der Waals surface area contributed by atoms with Crippen LogP contribution in [0.5, 0.6) is 0 Å². The molecule has 0 aromatic carbocycles. The van der Waals surface area contributed by atoms with Gasteiger partial charge in [-0.15, -0.1) is 0 Å². The predicted octanol–water partition coefficient (Wildman–Crippen LogP) is 0.835. The molecule has 0 aliphatic carbocycles. The van der Waals surface area contributed by atoms with Gasteiger partial charge >= 0.3 is 6.18 Å². The number of amides is 1. The maximum absolute atomic E-state index is 12.0. The van der Waals surface area contributed by atoms with E-state index in [0.29, 0.717) is 26.1 Å². The second-order valence-electron chi connectivity index (χ2n) is 5.22. The molecule has 2 saturated heterocycles. The zero-order chi connectivity index (χ0) is 13.9. The Morgan fingerprint density at radius 1 is 1.21 bits per heavy atom. The van der Waals surface area contributed by atoms with Crippen LogP contribution in [0.3, 0.4) is 0 Å². The minimum absolute atomic E-state index is 0.0474. The van der Waals surface area contributed by atoms with Gasteiger partial charge in [-0.1, -0.05) is 0 Å². The molecule has 2 fully saturated rings. The molecule has 2 aliphatic rings. The number of alkyl halides is 3. The second-order valence-corrected chi connectivity index (χ2v) is 5.22. The fourth-order valence-electron chi connectivity index (χ4n) is 2.70. The number of carbonyl (C=O) groups is 1. The highest BCUT2D eigenvalue weighted by atomic mass is 19.4. The van der Waals surface area contributed by atoms with Gasteiger partial charge in [-0.25, -0.2) is 0 Å². The predicted molar refractivity (Wildman–Crippen MR) is 64.7 cm³/mol. The van der Waals surface area contributed by atoms with Crippen LogP contribution in [0.25, 0.3) is 0 Å². The molecule has 1 unspecified atom stereocenters. The molecule has 1 N–H and O–H groups in total. The molecule has 0 saturated carbocycles. The van der Waals surface area contributed by atoms with Gasteiger partial charge in [-0.05, 0) is 19.4 Å². The van der Waals surface area contributed by atoms with Crippen LogP contribution in [0.15, 0.2) is 0 Å². The van der Waals surface area contributed by atoms with Crippen molar-refractivity contribution in [3.63, 3.8) is 0 Å². The first-order valence-corrected chi connectivity index (χ1v) is 6.76. The fraction of sp³-hybridized carbons (Fsp3) is 0.917. The standard InChI is InChI=1S/C12H20F3N3O/c13-12(14,15)3-1-2-5-17-7-8-18-6-4-16-11(19)10(18)9-17/h10H,1-9H2,(H,16,19). The summed E-state index contributed by atoms with van der Waals surface area (Å²) >= 11 is 0. The van der Waals surface area contributed by atoms with E-state index >= 15 is 0 Å². The number of unbranched alkanes of at least 4 members (excludes halogenated alkanes) is 1. The van der Waals surface area contributed by atoms with Gasteiger partial charge in [0.15, 0.2) is 0 Å². The van der Waals surface area contributed by atoms with Gasteiger partial charge in [0, 0.05) is 39.1 Å². The highest BCUT2D eigenvalue weighted by Gasteiger charge is 2.34. The normalized spacial score (nSPS) is 26.1. The second kappa shape index (κ2) is 6.09. The monoisotopic (exact) mass is 279 g/mol. The van der Waals surface area contributed by atoms with E-state index in [1.807, 2.05) is 0 Å². The van der Waals surface area contributed by atoms with Gasteiger partial charge in [0.1, 0.15) is 6.04 Å². The van der Waals surface area contributed by atoms with Gasteiger partial charge in [0.05, 0.1) is 0 Å². The first kappa shape index (κ1) is 14.6. The zero-order valence-electron chi connectivity index (χ0n) is 10.9. The van der Waals surface area contributed by atoms with Crippen LogP contribution in [0.1, 0.15) is 19.3 Å². The van der Waals surface area contributed by atoms with Crippen molar-refractivity contribution in [2.24, 2.45) is 0 Å². The van der Waals surface area contributed by atoms with Crippen molar-refractivity contribution >= 4 is 5.91 Å². The van der Waals surface area contributed by atoms with Gasteiger partial charge in [-0.2, -0.15) is 13.2 Å². The number of carbonyl (C=O) groups excluding carboxylic acids is 1. The lowest BCUT2D eigenvalue weighted by molar-refractivity contribution is -0.135. The van der Waals surface area contributed by atoms with Crippen LogP contribution in [0.4, 0.5) is 13.2 Å². The molecular formula is C12H20F3N3O. The fourth-order valence-corrected chi connectivity index (χ4v) is 2.70. The number of fused-ring (bicyclic) bond motifs is 1. The summed E-state index contributed by atoms with van der Waals surface area (Å²) in [5.41, 5.74) is 0. The lowest BCUT2D eigenvalue weighted by Crippen LogP contribution is -2.63. The number of piperazine rings is 2. The molecule has 0 spiro atoms. The largest absolute Gasteiger partial charge is 0.389 e. The number of nitrogens with zero attached hydrogens (tertiary/aromatic N) is 2. The van der Waals surface area contributed by atoms with Crippen molar-refractivity contribution in [3.8, 4) is 0 Å². The molecule has 7 heteroatoms. The molecule has 0 aromatic rings. The Balaban J connectivity index is 1.70. The van der Waals surface area contributed by atoms with Crippen molar-refractivity contribution in [2.45, 2.75) is 31.5 Å². The molecule has 1 amide bonds. The van der Waals surface area contributed by atoms with Crippen LogP contribution in [0.2, 0.25) is 0 Å². The molecule has 2 aliphatic heterocycles. The Morgan fingerprint density at radius 2 is 2.00 bits per heavy atom. The van der Waals surface area contributed by atoms with E-state index in [4.69, 9.17) is 0 Å². The molecule has 110 valence electrons. The summed E-state index contributed by atoms with van der Waals surface area (Å²) in [4.78, 5) is 16.0. The summed E-state index contributed by atoms with van der Waals surface area (Å²) in [5.74, 6) is 0.0474. The molecule has 0 bridgehead atoms. The van der Waals surface area contributed by atoms with Crippen molar-refractivity contribution in [1.29, 1.82) is 0 Å². The third kappa shape index (κ3) is 4.35. The molecule has 2 rings (SSSR count). The highest BCUT2D eigenvalue weighted by molar-refractivity contribution is 5.82. The summed E-state index contributed by atoms with van der Waals surface area (Å²) in [6.07, 6.45) is -4.06. The van der Waals surface area contributed by atoms with E-state index in [-0.39, 0.29) is 18.4 Å². The lowest BCUT2D eigenvalue weighted by Gasteiger charge is -2.43. The van der Waals surface area contributed by atoms with E-state index in [2.05, 4.69) is 15.1 Å². The van der Waals surface area contributed by atoms with Crippen LogP contribution < -0.4 is 5.32 Å². The summed E-state index contributed by atoms with van der Waals surface area (Å²) in [7, 11) is 0. The van der Waals surface area contributed by atoms with E-state index in [1.165, 1.54) is 0 Å². The SMILES string of the molecule is O=C1NCCN2CCN(CCCCC(F)(F)F)CC12. The first-order valence-electron chi connectivity index (χ1n) is 6.76. The summed E-state index contributed by atoms with van der Waals surface area (Å²) in [6, 6.07) is -0.120. The topological polar surface area (TPSA) is 35.6 Å². The van der Waals surface area contributed by atoms with E-state index < -0.39 is 12.6 Å². The molecule has 2 heterocycles. The number of hydrogen-bond acceptors (Lipinski definition) is 3. The Morgan fingerprint density at radius 3 is 2.74 bits per heavy atom. The highest BCUT2D eigenvalue weighted by Crippen LogP contribution is 2.22. The molecule has 0 aromatic heterocycles. The van der Waals surface area contributed by atoms with Gasteiger partial charge in [-0.3, -0.25) is 14.6 Å². The van der Waals surface area contributed by atoms with Crippen molar-refractivity contribution in [1.82, 2.24) is 15.1 Å². The molecular weight excluding hydrogens is 259 g/mol. The van der Waals surface area contributed by atoms with Crippen molar-refractivity contribution < 1.29 is 18.0 Å². The van der Waals surface area contributed by atoms with Crippen molar-refractivity contribution in [3.05, 3.63) is 0 Å². The molecule has 19 heavy (non-hydrogen) atoms. The summed E-state index contributed by atoms with van der Waals surface area (Å²) < 4.78 is 36.1. The van der Waals surface area contributed by atoms with E-state index in [9.17, 15) is 18.0 Å². The number of rotatable bonds is 4. The summed E-state index contributed by atoms with van der Waals surface area (Å²) in [5, 5.41) is 2.83. The number of halogens is 3. The number of hydrogen-bond donors (Lipinski definition) is 1. The molecule has 1 atom stereocenters.